The third kappa shape index (κ3) is 2.85. The van der Waals surface area contributed by atoms with Crippen molar-refractivity contribution in [1.82, 2.24) is 0 Å². The minimum atomic E-state index is -0.357. The fraction of sp³-hybridized carbons (Fsp3) is 0.200. The van der Waals surface area contributed by atoms with Crippen LogP contribution in [0.25, 0.3) is 0 Å². The van der Waals surface area contributed by atoms with Gasteiger partial charge in [0.05, 0.1) is 19.4 Å². The highest BCUT2D eigenvalue weighted by Gasteiger charge is 2.10. The summed E-state index contributed by atoms with van der Waals surface area (Å²) >= 11 is 0. The molecule has 0 radical (unpaired) electrons. The molecular formula is C15H16FNO2. The molecule has 19 heavy (non-hydrogen) atoms. The van der Waals surface area contributed by atoms with Crippen LogP contribution in [0.2, 0.25) is 0 Å². The van der Waals surface area contributed by atoms with Crippen LogP contribution in [-0.2, 0) is 6.61 Å². The molecule has 0 amide bonds. The van der Waals surface area contributed by atoms with E-state index < -0.39 is 0 Å². The third-order valence-corrected chi connectivity index (χ3v) is 3.02. The van der Waals surface area contributed by atoms with E-state index in [-0.39, 0.29) is 12.4 Å². The number of hydrogen-bond acceptors (Lipinski definition) is 3. The van der Waals surface area contributed by atoms with Gasteiger partial charge in [0.2, 0.25) is 0 Å². The van der Waals surface area contributed by atoms with Gasteiger partial charge >= 0.3 is 0 Å². The molecule has 100 valence electrons. The average Bonchev–Trinajstić information content (AvgIpc) is 2.46. The van der Waals surface area contributed by atoms with Gasteiger partial charge in [-0.15, -0.1) is 0 Å². The molecule has 2 aromatic rings. The Hall–Kier alpha value is -2.07. The van der Waals surface area contributed by atoms with Crippen LogP contribution in [0.4, 0.5) is 15.8 Å². The number of halogens is 1. The molecule has 0 unspecified atom stereocenters. The molecule has 3 nitrogen and oxygen atoms in total. The van der Waals surface area contributed by atoms with E-state index in [1.54, 1.807) is 31.2 Å². The minimum Gasteiger partial charge on any atom is -0.497 e. The monoisotopic (exact) mass is 261 g/mol. The van der Waals surface area contributed by atoms with E-state index in [0.717, 1.165) is 11.4 Å². The maximum absolute atomic E-state index is 13.9. The van der Waals surface area contributed by atoms with Crippen LogP contribution >= 0.6 is 0 Å². The lowest BCUT2D eigenvalue weighted by atomic mass is 10.2. The molecule has 0 heterocycles. The minimum absolute atomic E-state index is 0.163. The van der Waals surface area contributed by atoms with E-state index >= 15 is 0 Å². The van der Waals surface area contributed by atoms with Crippen molar-refractivity contribution in [2.24, 2.45) is 0 Å². The highest BCUT2D eigenvalue weighted by atomic mass is 19.1. The van der Waals surface area contributed by atoms with Gasteiger partial charge < -0.3 is 14.7 Å². The first-order chi connectivity index (χ1) is 9.15. The van der Waals surface area contributed by atoms with Crippen molar-refractivity contribution in [3.63, 3.8) is 0 Å². The van der Waals surface area contributed by atoms with Crippen LogP contribution in [-0.4, -0.2) is 19.3 Å². The number of rotatable bonds is 4. The molecule has 0 saturated carbocycles. The molecule has 1 N–H and O–H groups in total. The van der Waals surface area contributed by atoms with Gasteiger partial charge in [-0.1, -0.05) is 6.07 Å². The Labute approximate surface area is 111 Å². The number of ether oxygens (including phenoxy) is 1. The van der Waals surface area contributed by atoms with Crippen molar-refractivity contribution in [3.8, 4) is 5.75 Å². The largest absolute Gasteiger partial charge is 0.497 e. The number of hydrogen-bond donors (Lipinski definition) is 1. The molecule has 0 saturated heterocycles. The maximum atomic E-state index is 13.9. The summed E-state index contributed by atoms with van der Waals surface area (Å²) in [5.74, 6) is 0.401. The van der Waals surface area contributed by atoms with Crippen LogP contribution in [0.3, 0.4) is 0 Å². The number of benzene rings is 2. The lowest BCUT2D eigenvalue weighted by Crippen LogP contribution is -2.11. The van der Waals surface area contributed by atoms with Crippen molar-refractivity contribution in [2.75, 3.05) is 19.1 Å². The Morgan fingerprint density at radius 1 is 1.16 bits per heavy atom. The molecule has 2 aromatic carbocycles. The fourth-order valence-corrected chi connectivity index (χ4v) is 1.87. The Bertz CT molecular complexity index is 555. The molecule has 2 rings (SSSR count). The molecule has 0 fully saturated rings. The average molecular weight is 261 g/mol. The van der Waals surface area contributed by atoms with Crippen molar-refractivity contribution < 1.29 is 14.2 Å². The van der Waals surface area contributed by atoms with Gasteiger partial charge in [-0.25, -0.2) is 4.39 Å². The summed E-state index contributed by atoms with van der Waals surface area (Å²) in [7, 11) is 3.39. The van der Waals surface area contributed by atoms with Crippen molar-refractivity contribution >= 4 is 11.4 Å². The molecule has 0 aromatic heterocycles. The molecule has 0 aliphatic rings. The summed E-state index contributed by atoms with van der Waals surface area (Å²) in [6.45, 7) is -0.163. The van der Waals surface area contributed by atoms with E-state index in [1.807, 2.05) is 24.3 Å². The second kappa shape index (κ2) is 5.71. The summed E-state index contributed by atoms with van der Waals surface area (Å²) in [5, 5.41) is 8.97. The standard InChI is InChI=1S/C15H16FNO2/c1-17(12-4-6-13(19-2)7-5-12)15-8-3-11(10-18)9-14(15)16/h3-9,18H,10H2,1-2H3. The zero-order valence-corrected chi connectivity index (χ0v) is 10.9. The summed E-state index contributed by atoms with van der Waals surface area (Å²) in [5.41, 5.74) is 1.88. The zero-order valence-electron chi connectivity index (χ0n) is 10.9. The van der Waals surface area contributed by atoms with Gasteiger partial charge in [0.25, 0.3) is 0 Å². The number of methoxy groups -OCH3 is 1. The highest BCUT2D eigenvalue weighted by molar-refractivity contribution is 5.63. The second-order valence-corrected chi connectivity index (χ2v) is 4.20. The summed E-state index contributed by atoms with van der Waals surface area (Å²) in [6, 6.07) is 12.1. The Kier molecular flexibility index (Phi) is 4.02. The number of aliphatic hydroxyl groups excluding tert-OH is 1. The van der Waals surface area contributed by atoms with E-state index in [2.05, 4.69) is 0 Å². The molecule has 0 spiro atoms. The first-order valence-corrected chi connectivity index (χ1v) is 5.92. The highest BCUT2D eigenvalue weighted by Crippen LogP contribution is 2.28. The predicted molar refractivity (Wildman–Crippen MR) is 73.4 cm³/mol. The van der Waals surface area contributed by atoms with Crippen molar-refractivity contribution in [1.29, 1.82) is 0 Å². The van der Waals surface area contributed by atoms with Gasteiger partial charge in [-0.2, -0.15) is 0 Å². The molecule has 0 atom stereocenters. The SMILES string of the molecule is COc1ccc(N(C)c2ccc(CO)cc2F)cc1. The van der Waals surface area contributed by atoms with Crippen LogP contribution < -0.4 is 9.64 Å². The van der Waals surface area contributed by atoms with Gasteiger partial charge in [0.1, 0.15) is 11.6 Å². The molecule has 0 aliphatic carbocycles. The second-order valence-electron chi connectivity index (χ2n) is 4.20. The summed E-state index contributed by atoms with van der Waals surface area (Å²) in [6.07, 6.45) is 0. The van der Waals surface area contributed by atoms with E-state index in [4.69, 9.17) is 9.84 Å². The van der Waals surface area contributed by atoms with Crippen LogP contribution in [0, 0.1) is 5.82 Å². The predicted octanol–water partition coefficient (Wildman–Crippen LogP) is 3.09. The summed E-state index contributed by atoms with van der Waals surface area (Å²) in [4.78, 5) is 1.75. The van der Waals surface area contributed by atoms with Crippen molar-refractivity contribution in [2.45, 2.75) is 6.61 Å². The topological polar surface area (TPSA) is 32.7 Å². The van der Waals surface area contributed by atoms with E-state index in [1.165, 1.54) is 6.07 Å². The molecule has 0 aliphatic heterocycles. The molecule has 4 heteroatoms. The van der Waals surface area contributed by atoms with Gasteiger partial charge in [0, 0.05) is 12.7 Å². The van der Waals surface area contributed by atoms with Gasteiger partial charge in [-0.3, -0.25) is 0 Å². The smallest absolute Gasteiger partial charge is 0.147 e. The van der Waals surface area contributed by atoms with E-state index in [9.17, 15) is 4.39 Å². The summed E-state index contributed by atoms with van der Waals surface area (Å²) < 4.78 is 19.0. The Morgan fingerprint density at radius 3 is 2.37 bits per heavy atom. The molecular weight excluding hydrogens is 245 g/mol. The zero-order chi connectivity index (χ0) is 13.8. The lowest BCUT2D eigenvalue weighted by molar-refractivity contribution is 0.281. The quantitative estimate of drug-likeness (QED) is 0.918. The molecule has 0 bridgehead atoms. The Morgan fingerprint density at radius 2 is 1.84 bits per heavy atom. The van der Waals surface area contributed by atoms with Crippen molar-refractivity contribution in [3.05, 3.63) is 53.8 Å². The lowest BCUT2D eigenvalue weighted by Gasteiger charge is -2.20. The number of aliphatic hydroxyl groups is 1. The normalized spacial score (nSPS) is 10.3. The van der Waals surface area contributed by atoms with Crippen LogP contribution in [0.1, 0.15) is 5.56 Å². The third-order valence-electron chi connectivity index (χ3n) is 3.02. The number of nitrogens with zero attached hydrogens (tertiary/aromatic N) is 1. The van der Waals surface area contributed by atoms with Crippen LogP contribution in [0.5, 0.6) is 5.75 Å². The maximum Gasteiger partial charge on any atom is 0.147 e. The number of anilines is 2. The first kappa shape index (κ1) is 13.4. The first-order valence-electron chi connectivity index (χ1n) is 5.92. The fourth-order valence-electron chi connectivity index (χ4n) is 1.87. The van der Waals surface area contributed by atoms with Gasteiger partial charge in [0.15, 0.2) is 0 Å². The Balaban J connectivity index is 2.29. The van der Waals surface area contributed by atoms with Crippen LogP contribution in [0.15, 0.2) is 42.5 Å². The van der Waals surface area contributed by atoms with E-state index in [0.29, 0.717) is 11.3 Å². The van der Waals surface area contributed by atoms with Gasteiger partial charge in [-0.05, 0) is 42.0 Å².